The summed E-state index contributed by atoms with van der Waals surface area (Å²) in [7, 11) is 0. The molecule has 1 heterocycles. The molecule has 1 aromatic heterocycles. The van der Waals surface area contributed by atoms with E-state index < -0.39 is 0 Å². The molecule has 0 aliphatic rings. The van der Waals surface area contributed by atoms with Gasteiger partial charge in [-0.25, -0.2) is 0 Å². The van der Waals surface area contributed by atoms with Crippen molar-refractivity contribution in [1.82, 2.24) is 0 Å². The van der Waals surface area contributed by atoms with Gasteiger partial charge in [0.2, 0.25) is 0 Å². The highest BCUT2D eigenvalue weighted by Gasteiger charge is 1.99. The van der Waals surface area contributed by atoms with E-state index in [4.69, 9.17) is 9.52 Å². The average Bonchev–Trinajstić information content (AvgIpc) is 2.80. The van der Waals surface area contributed by atoms with Gasteiger partial charge < -0.3 is 14.8 Å². The molecule has 0 amide bonds. The van der Waals surface area contributed by atoms with Crippen molar-refractivity contribution in [2.75, 3.05) is 11.9 Å². The van der Waals surface area contributed by atoms with E-state index in [1.807, 2.05) is 31.2 Å². The van der Waals surface area contributed by atoms with Gasteiger partial charge in [-0.05, 0) is 49.6 Å². The minimum absolute atomic E-state index is 0.239. The Balaban J connectivity index is 1.92. The molecule has 3 nitrogen and oxygen atoms in total. The molecule has 2 aromatic rings. The maximum Gasteiger partial charge on any atom is 0.123 e. The molecule has 0 spiro atoms. The lowest BCUT2D eigenvalue weighted by Crippen LogP contribution is -1.99. The van der Waals surface area contributed by atoms with Crippen molar-refractivity contribution in [2.45, 2.75) is 26.3 Å². The van der Waals surface area contributed by atoms with E-state index in [1.54, 1.807) is 0 Å². The van der Waals surface area contributed by atoms with Gasteiger partial charge in [-0.15, -0.1) is 0 Å². The summed E-state index contributed by atoms with van der Waals surface area (Å²) in [5.41, 5.74) is 2.32. The molecule has 0 aliphatic carbocycles. The predicted octanol–water partition coefficient (Wildman–Crippen LogP) is 3.13. The number of benzene rings is 1. The summed E-state index contributed by atoms with van der Waals surface area (Å²) in [4.78, 5) is 0. The molecule has 3 heteroatoms. The Morgan fingerprint density at radius 1 is 1.22 bits per heavy atom. The van der Waals surface area contributed by atoms with Crippen LogP contribution in [-0.2, 0) is 13.0 Å². The van der Waals surface area contributed by atoms with E-state index in [-0.39, 0.29) is 6.61 Å². The zero-order chi connectivity index (χ0) is 12.8. The molecule has 18 heavy (non-hydrogen) atoms. The molecule has 2 N–H and O–H groups in total. The Bertz CT molecular complexity index is 491. The first kappa shape index (κ1) is 12.7. The maximum atomic E-state index is 8.82. The Morgan fingerprint density at radius 3 is 2.83 bits per heavy atom. The van der Waals surface area contributed by atoms with Crippen LogP contribution in [-0.4, -0.2) is 11.7 Å². The lowest BCUT2D eigenvalue weighted by Gasteiger charge is -2.07. The summed E-state index contributed by atoms with van der Waals surface area (Å²) in [6, 6.07) is 12.2. The molecule has 2 rings (SSSR count). The van der Waals surface area contributed by atoms with Crippen molar-refractivity contribution in [2.24, 2.45) is 0 Å². The molecular formula is C15H19NO2. The largest absolute Gasteiger partial charge is 0.465 e. The highest BCUT2D eigenvalue weighted by Crippen LogP contribution is 2.14. The topological polar surface area (TPSA) is 45.4 Å². The van der Waals surface area contributed by atoms with E-state index in [0.717, 1.165) is 30.0 Å². The van der Waals surface area contributed by atoms with E-state index in [1.165, 1.54) is 5.56 Å². The first-order valence-corrected chi connectivity index (χ1v) is 6.27. The fraction of sp³-hybridized carbons (Fsp3) is 0.333. The number of hydrogen-bond acceptors (Lipinski definition) is 3. The molecule has 0 unspecified atom stereocenters. The van der Waals surface area contributed by atoms with Crippen LogP contribution in [0.1, 0.15) is 23.5 Å². The molecule has 0 radical (unpaired) electrons. The van der Waals surface area contributed by atoms with Gasteiger partial charge in [0.1, 0.15) is 11.5 Å². The second-order valence-corrected chi connectivity index (χ2v) is 4.39. The third-order valence-electron chi connectivity index (χ3n) is 2.81. The number of anilines is 1. The van der Waals surface area contributed by atoms with Crippen molar-refractivity contribution in [3.05, 3.63) is 53.5 Å². The fourth-order valence-electron chi connectivity index (χ4n) is 1.89. The van der Waals surface area contributed by atoms with E-state index >= 15 is 0 Å². The van der Waals surface area contributed by atoms with Crippen LogP contribution >= 0.6 is 0 Å². The van der Waals surface area contributed by atoms with Gasteiger partial charge in [-0.2, -0.15) is 0 Å². The fourth-order valence-corrected chi connectivity index (χ4v) is 1.89. The second kappa shape index (κ2) is 6.26. The monoisotopic (exact) mass is 245 g/mol. The third kappa shape index (κ3) is 3.64. The first-order chi connectivity index (χ1) is 8.78. The smallest absolute Gasteiger partial charge is 0.123 e. The van der Waals surface area contributed by atoms with Crippen LogP contribution in [0.2, 0.25) is 0 Å². The Morgan fingerprint density at radius 2 is 2.11 bits per heavy atom. The first-order valence-electron chi connectivity index (χ1n) is 6.27. The zero-order valence-corrected chi connectivity index (χ0v) is 10.6. The average molecular weight is 245 g/mol. The third-order valence-corrected chi connectivity index (χ3v) is 2.81. The molecule has 0 aliphatic heterocycles. The quantitative estimate of drug-likeness (QED) is 0.822. The lowest BCUT2D eigenvalue weighted by molar-refractivity contribution is 0.288. The summed E-state index contributed by atoms with van der Waals surface area (Å²) in [6.45, 7) is 2.87. The zero-order valence-electron chi connectivity index (χ0n) is 10.6. The SMILES string of the molecule is Cc1ccc(CNc2cccc(CCCO)c2)o1. The molecular weight excluding hydrogens is 226 g/mol. The molecule has 0 saturated heterocycles. The van der Waals surface area contributed by atoms with Crippen molar-refractivity contribution in [3.63, 3.8) is 0 Å². The van der Waals surface area contributed by atoms with Crippen LogP contribution in [0, 0.1) is 6.92 Å². The molecule has 0 saturated carbocycles. The van der Waals surface area contributed by atoms with Crippen LogP contribution in [0.25, 0.3) is 0 Å². The maximum absolute atomic E-state index is 8.82. The highest BCUT2D eigenvalue weighted by molar-refractivity contribution is 5.45. The molecule has 0 fully saturated rings. The number of aryl methyl sites for hydroxylation is 2. The van der Waals surface area contributed by atoms with Gasteiger partial charge in [0.25, 0.3) is 0 Å². The minimum Gasteiger partial charge on any atom is -0.465 e. The van der Waals surface area contributed by atoms with Gasteiger partial charge >= 0.3 is 0 Å². The van der Waals surface area contributed by atoms with Crippen molar-refractivity contribution >= 4 is 5.69 Å². The molecule has 1 aromatic carbocycles. The standard InChI is InChI=1S/C15H19NO2/c1-12-7-8-15(18-12)11-16-14-6-2-4-13(10-14)5-3-9-17/h2,4,6-8,10,16-17H,3,5,9,11H2,1H3. The molecule has 0 bridgehead atoms. The van der Waals surface area contributed by atoms with Crippen LogP contribution in [0.4, 0.5) is 5.69 Å². The number of aliphatic hydroxyl groups is 1. The number of furan rings is 1. The van der Waals surface area contributed by atoms with Gasteiger partial charge in [-0.1, -0.05) is 12.1 Å². The second-order valence-electron chi connectivity index (χ2n) is 4.39. The predicted molar refractivity (Wildman–Crippen MR) is 72.6 cm³/mol. The van der Waals surface area contributed by atoms with Crippen molar-refractivity contribution < 1.29 is 9.52 Å². The van der Waals surface area contributed by atoms with Gasteiger partial charge in [-0.3, -0.25) is 0 Å². The minimum atomic E-state index is 0.239. The van der Waals surface area contributed by atoms with Crippen LogP contribution in [0.15, 0.2) is 40.8 Å². The summed E-state index contributed by atoms with van der Waals surface area (Å²) in [5.74, 6) is 1.87. The Kier molecular flexibility index (Phi) is 4.42. The van der Waals surface area contributed by atoms with Crippen LogP contribution in [0.5, 0.6) is 0 Å². The summed E-state index contributed by atoms with van der Waals surface area (Å²) >= 11 is 0. The van der Waals surface area contributed by atoms with E-state index in [0.29, 0.717) is 6.54 Å². The van der Waals surface area contributed by atoms with Crippen molar-refractivity contribution in [3.8, 4) is 0 Å². The lowest BCUT2D eigenvalue weighted by atomic mass is 10.1. The highest BCUT2D eigenvalue weighted by atomic mass is 16.3. The number of nitrogens with one attached hydrogen (secondary N) is 1. The van der Waals surface area contributed by atoms with E-state index in [9.17, 15) is 0 Å². The summed E-state index contributed by atoms with van der Waals surface area (Å²) in [6.07, 6.45) is 1.71. The van der Waals surface area contributed by atoms with Crippen LogP contribution in [0.3, 0.4) is 0 Å². The van der Waals surface area contributed by atoms with Gasteiger partial charge in [0.15, 0.2) is 0 Å². The Hall–Kier alpha value is -1.74. The molecule has 0 atom stereocenters. The van der Waals surface area contributed by atoms with Gasteiger partial charge in [0.05, 0.1) is 6.54 Å². The summed E-state index contributed by atoms with van der Waals surface area (Å²) < 4.78 is 5.50. The number of hydrogen-bond donors (Lipinski definition) is 2. The normalized spacial score (nSPS) is 10.6. The number of aliphatic hydroxyl groups excluding tert-OH is 1. The summed E-state index contributed by atoms with van der Waals surface area (Å²) in [5, 5.41) is 12.2. The molecule has 96 valence electrons. The van der Waals surface area contributed by atoms with Gasteiger partial charge in [0, 0.05) is 12.3 Å². The number of rotatable bonds is 6. The van der Waals surface area contributed by atoms with E-state index in [2.05, 4.69) is 17.4 Å². The van der Waals surface area contributed by atoms with Crippen molar-refractivity contribution in [1.29, 1.82) is 0 Å². The van der Waals surface area contributed by atoms with Crippen LogP contribution < -0.4 is 5.32 Å². The Labute approximate surface area is 107 Å².